The fourth-order valence-corrected chi connectivity index (χ4v) is 0.898. The third-order valence-electron chi connectivity index (χ3n) is 1.49. The lowest BCUT2D eigenvalue weighted by Gasteiger charge is -1.95. The van der Waals surface area contributed by atoms with Crippen molar-refractivity contribution in [1.82, 2.24) is 0 Å². The van der Waals surface area contributed by atoms with Crippen LogP contribution >= 0.6 is 0 Å². The van der Waals surface area contributed by atoms with Crippen LogP contribution in [-0.4, -0.2) is 13.1 Å². The lowest BCUT2D eigenvalue weighted by molar-refractivity contribution is -0.386. The minimum atomic E-state index is -0.493. The molecule has 1 rings (SSSR count). The van der Waals surface area contributed by atoms with Crippen LogP contribution < -0.4 is 4.98 Å². The Morgan fingerprint density at radius 2 is 2.33 bits per heavy atom. The number of esters is 1. The summed E-state index contributed by atoms with van der Waals surface area (Å²) >= 11 is 0. The molecule has 1 heterocycles. The van der Waals surface area contributed by atoms with Crippen molar-refractivity contribution in [3.8, 4) is 0 Å². The molecule has 0 aliphatic carbocycles. The third-order valence-corrected chi connectivity index (χ3v) is 1.49. The number of hydrogen-bond acceptors (Lipinski definition) is 2. The number of H-pyrrole nitrogens is 1. The number of hydrogen-bond donors (Lipinski definition) is 0. The van der Waals surface area contributed by atoms with Crippen molar-refractivity contribution < 1.29 is 18.9 Å². The molecule has 12 heavy (non-hydrogen) atoms. The Morgan fingerprint density at radius 1 is 1.67 bits per heavy atom. The van der Waals surface area contributed by atoms with Gasteiger partial charge in [0.15, 0.2) is 5.82 Å². The van der Waals surface area contributed by atoms with Gasteiger partial charge in [-0.05, 0) is 13.0 Å². The van der Waals surface area contributed by atoms with E-state index in [2.05, 4.69) is 9.72 Å². The summed E-state index contributed by atoms with van der Waals surface area (Å²) in [5.41, 5.74) is 0.806. The van der Waals surface area contributed by atoms with Gasteiger partial charge < -0.3 is 4.74 Å². The smallest absolute Gasteiger partial charge is 0.403 e. The van der Waals surface area contributed by atoms with E-state index in [0.717, 1.165) is 6.20 Å². The van der Waals surface area contributed by atoms with Gasteiger partial charge in [0.1, 0.15) is 0 Å². The van der Waals surface area contributed by atoms with E-state index in [0.29, 0.717) is 5.56 Å². The van der Waals surface area contributed by atoms with Crippen LogP contribution in [0.25, 0.3) is 0 Å². The van der Waals surface area contributed by atoms with Gasteiger partial charge in [-0.3, -0.25) is 0 Å². The molecule has 0 atom stereocenters. The summed E-state index contributed by atoms with van der Waals surface area (Å²) in [4.78, 5) is 13.5. The minimum absolute atomic E-state index is 0.277. The number of carbonyl (C=O) groups excluding carboxylic acids is 1. The van der Waals surface area contributed by atoms with Gasteiger partial charge in [0.2, 0.25) is 6.20 Å². The number of methoxy groups -OCH3 is 1. The topological polar surface area (TPSA) is 40.4 Å². The second-order valence-electron chi connectivity index (χ2n) is 2.37. The molecule has 0 amide bonds. The summed E-state index contributed by atoms with van der Waals surface area (Å²) in [5, 5.41) is 0. The molecule has 0 saturated heterocycles. The molecule has 0 aliphatic heterocycles. The van der Waals surface area contributed by atoms with Crippen molar-refractivity contribution in [3.05, 3.63) is 29.3 Å². The van der Waals surface area contributed by atoms with Gasteiger partial charge in [-0.15, -0.1) is 0 Å². The summed E-state index contributed by atoms with van der Waals surface area (Å²) in [7, 11) is 1.28. The molecule has 1 aromatic rings. The van der Waals surface area contributed by atoms with Gasteiger partial charge in [-0.25, -0.2) is 14.2 Å². The molecule has 3 nitrogen and oxygen atoms in total. The number of nitrogens with one attached hydrogen (secondary N) is 1. The predicted molar refractivity (Wildman–Crippen MR) is 39.0 cm³/mol. The average Bonchev–Trinajstić information content (AvgIpc) is 2.03. The SMILES string of the molecule is COC(=O)c1[nH+]cc(F)cc1C. The lowest BCUT2D eigenvalue weighted by Crippen LogP contribution is -2.20. The molecule has 64 valence electrons. The molecule has 1 N–H and O–H groups in total. The molecule has 0 bridgehead atoms. The van der Waals surface area contributed by atoms with Crippen LogP contribution in [0.1, 0.15) is 16.1 Å². The highest BCUT2D eigenvalue weighted by Gasteiger charge is 2.17. The molecule has 0 aliphatic rings. The monoisotopic (exact) mass is 170 g/mol. The van der Waals surface area contributed by atoms with Crippen LogP contribution in [0.5, 0.6) is 0 Å². The lowest BCUT2D eigenvalue weighted by atomic mass is 10.2. The van der Waals surface area contributed by atoms with Gasteiger partial charge in [0, 0.05) is 5.56 Å². The minimum Gasteiger partial charge on any atom is -0.461 e. The summed E-state index contributed by atoms with van der Waals surface area (Å²) in [6.45, 7) is 1.63. The van der Waals surface area contributed by atoms with Crippen molar-refractivity contribution >= 4 is 5.97 Å². The molecule has 0 spiro atoms. The van der Waals surface area contributed by atoms with Gasteiger partial charge in [-0.1, -0.05) is 0 Å². The largest absolute Gasteiger partial charge is 0.461 e. The summed E-state index contributed by atoms with van der Waals surface area (Å²) in [5.74, 6) is -0.896. The molecule has 0 unspecified atom stereocenters. The highest BCUT2D eigenvalue weighted by Crippen LogP contribution is 2.03. The van der Waals surface area contributed by atoms with Crippen LogP contribution in [-0.2, 0) is 4.74 Å². The molecule has 0 fully saturated rings. The van der Waals surface area contributed by atoms with E-state index in [4.69, 9.17) is 0 Å². The Kier molecular flexibility index (Phi) is 2.38. The molecular weight excluding hydrogens is 161 g/mol. The standard InChI is InChI=1S/C8H8FNO2/c1-5-3-6(9)4-10-7(5)8(11)12-2/h3-4H,1-2H3/p+1. The Hall–Kier alpha value is -1.45. The van der Waals surface area contributed by atoms with E-state index in [1.807, 2.05) is 0 Å². The first kappa shape index (κ1) is 8.64. The fourth-order valence-electron chi connectivity index (χ4n) is 0.898. The van der Waals surface area contributed by atoms with Crippen LogP contribution in [0.4, 0.5) is 4.39 Å². The Bertz CT molecular complexity index is 312. The third kappa shape index (κ3) is 1.58. The van der Waals surface area contributed by atoms with E-state index in [1.165, 1.54) is 13.2 Å². The first-order valence-electron chi connectivity index (χ1n) is 3.41. The second kappa shape index (κ2) is 3.30. The molecule has 1 aromatic heterocycles. The summed E-state index contributed by atoms with van der Waals surface area (Å²) < 4.78 is 17.0. The number of pyridine rings is 1. The van der Waals surface area contributed by atoms with E-state index < -0.39 is 11.8 Å². The molecule has 4 heteroatoms. The highest BCUT2D eigenvalue weighted by molar-refractivity contribution is 5.86. The zero-order valence-electron chi connectivity index (χ0n) is 6.85. The Labute approximate surface area is 69.2 Å². The van der Waals surface area contributed by atoms with E-state index in [-0.39, 0.29) is 5.69 Å². The van der Waals surface area contributed by atoms with Gasteiger partial charge >= 0.3 is 5.97 Å². The predicted octanol–water partition coefficient (Wildman–Crippen LogP) is 0.735. The van der Waals surface area contributed by atoms with Gasteiger partial charge in [-0.2, -0.15) is 0 Å². The fraction of sp³-hybridized carbons (Fsp3) is 0.250. The van der Waals surface area contributed by atoms with E-state index >= 15 is 0 Å². The normalized spacial score (nSPS) is 9.58. The summed E-state index contributed by atoms with van der Waals surface area (Å²) in [6.07, 6.45) is 1.11. The van der Waals surface area contributed by atoms with Crippen LogP contribution in [0.2, 0.25) is 0 Å². The molecule has 0 aromatic carbocycles. The van der Waals surface area contributed by atoms with Gasteiger partial charge in [0.05, 0.1) is 7.11 Å². The summed E-state index contributed by atoms with van der Waals surface area (Å²) in [6, 6.07) is 1.27. The average molecular weight is 170 g/mol. The van der Waals surface area contributed by atoms with Crippen molar-refractivity contribution in [1.29, 1.82) is 0 Å². The van der Waals surface area contributed by atoms with Crippen LogP contribution in [0.3, 0.4) is 0 Å². The Morgan fingerprint density at radius 3 is 2.83 bits per heavy atom. The maximum atomic E-state index is 12.5. The van der Waals surface area contributed by atoms with Crippen molar-refractivity contribution in [3.63, 3.8) is 0 Å². The van der Waals surface area contributed by atoms with Crippen LogP contribution in [0.15, 0.2) is 12.3 Å². The highest BCUT2D eigenvalue weighted by atomic mass is 19.1. The van der Waals surface area contributed by atoms with E-state index in [9.17, 15) is 9.18 Å². The van der Waals surface area contributed by atoms with Crippen molar-refractivity contribution in [2.45, 2.75) is 6.92 Å². The number of halogens is 1. The maximum Gasteiger partial charge on any atom is 0.403 e. The number of aryl methyl sites for hydroxylation is 1. The first-order chi connectivity index (χ1) is 5.65. The van der Waals surface area contributed by atoms with E-state index in [1.54, 1.807) is 6.92 Å². The molecule has 0 saturated carbocycles. The number of rotatable bonds is 1. The quantitative estimate of drug-likeness (QED) is 0.583. The van der Waals surface area contributed by atoms with Crippen molar-refractivity contribution in [2.24, 2.45) is 0 Å². The maximum absolute atomic E-state index is 12.5. The zero-order valence-corrected chi connectivity index (χ0v) is 6.85. The zero-order chi connectivity index (χ0) is 9.14. The van der Waals surface area contributed by atoms with Crippen LogP contribution in [0, 0.1) is 12.7 Å². The number of aromatic nitrogens is 1. The Balaban J connectivity index is 3.09. The number of ether oxygens (including phenoxy) is 1. The van der Waals surface area contributed by atoms with Gasteiger partial charge in [0.25, 0.3) is 5.69 Å². The first-order valence-corrected chi connectivity index (χ1v) is 3.41. The number of aromatic amines is 1. The van der Waals surface area contributed by atoms with Crippen molar-refractivity contribution in [2.75, 3.05) is 7.11 Å². The molecular formula is C8H9FNO2+. The number of carbonyl (C=O) groups is 1. The molecule has 0 radical (unpaired) electrons. The second-order valence-corrected chi connectivity index (χ2v) is 2.37.